The normalized spacial score (nSPS) is 16.9. The molecule has 2 heterocycles. The molecule has 5 nitrogen and oxygen atoms in total. The summed E-state index contributed by atoms with van der Waals surface area (Å²) in [7, 11) is 0. The molecule has 0 bridgehead atoms. The maximum absolute atomic E-state index is 13.0. The first-order valence-corrected chi connectivity index (χ1v) is 10.0. The smallest absolute Gasteiger partial charge is 0.241 e. The number of pyridine rings is 1. The number of ether oxygens (including phenoxy) is 1. The first-order valence-electron chi connectivity index (χ1n) is 10.0. The number of likely N-dealkylation sites (tertiary alicyclic amines) is 1. The van der Waals surface area contributed by atoms with Crippen LogP contribution in [-0.4, -0.2) is 28.4 Å². The monoisotopic (exact) mass is 387 g/mol. The van der Waals surface area contributed by atoms with Gasteiger partial charge in [-0.1, -0.05) is 36.8 Å². The summed E-state index contributed by atoms with van der Waals surface area (Å²) in [5.41, 5.74) is 2.02. The van der Waals surface area contributed by atoms with Crippen LogP contribution in [0.1, 0.15) is 24.8 Å². The lowest BCUT2D eigenvalue weighted by atomic mass is 10.00. The summed E-state index contributed by atoms with van der Waals surface area (Å²) >= 11 is 0. The summed E-state index contributed by atoms with van der Waals surface area (Å²) in [5, 5.41) is 3.07. The average Bonchev–Trinajstić information content (AvgIpc) is 2.77. The maximum Gasteiger partial charge on any atom is 0.241 e. The van der Waals surface area contributed by atoms with Crippen molar-refractivity contribution < 1.29 is 9.53 Å². The zero-order valence-electron chi connectivity index (χ0n) is 16.3. The SMILES string of the molecule is O=C(Nc1ccc(Oc2cccnc2)cc1)[C@@H]1CCCCN1Cc1ccccc1. The van der Waals surface area contributed by atoms with Crippen molar-refractivity contribution in [1.29, 1.82) is 0 Å². The molecule has 5 heteroatoms. The van der Waals surface area contributed by atoms with Crippen molar-refractivity contribution in [2.24, 2.45) is 0 Å². The second kappa shape index (κ2) is 9.34. The van der Waals surface area contributed by atoms with Crippen LogP contribution in [0.3, 0.4) is 0 Å². The molecule has 1 atom stereocenters. The minimum atomic E-state index is -0.102. The van der Waals surface area contributed by atoms with Crippen molar-refractivity contribution >= 4 is 11.6 Å². The van der Waals surface area contributed by atoms with Gasteiger partial charge in [0.1, 0.15) is 11.5 Å². The standard InChI is InChI=1S/C24H25N3O2/c28-24(23-10-4-5-16-27(23)18-19-7-2-1-3-8-19)26-20-11-13-21(14-12-20)29-22-9-6-15-25-17-22/h1-3,6-9,11-15,17,23H,4-5,10,16,18H2,(H,26,28)/t23-/m0/s1. The van der Waals surface area contributed by atoms with Crippen molar-refractivity contribution in [3.8, 4) is 11.5 Å². The molecule has 1 aliphatic heterocycles. The number of piperidine rings is 1. The lowest BCUT2D eigenvalue weighted by molar-refractivity contribution is -0.122. The summed E-state index contributed by atoms with van der Waals surface area (Å²) < 4.78 is 5.75. The summed E-state index contributed by atoms with van der Waals surface area (Å²) in [6, 6.07) is 21.4. The minimum Gasteiger partial charge on any atom is -0.456 e. The van der Waals surface area contributed by atoms with Gasteiger partial charge < -0.3 is 10.1 Å². The van der Waals surface area contributed by atoms with Gasteiger partial charge in [0.2, 0.25) is 5.91 Å². The Balaban J connectivity index is 1.38. The zero-order valence-corrected chi connectivity index (χ0v) is 16.3. The van der Waals surface area contributed by atoms with Gasteiger partial charge in [-0.3, -0.25) is 14.7 Å². The van der Waals surface area contributed by atoms with Crippen LogP contribution < -0.4 is 10.1 Å². The van der Waals surface area contributed by atoms with Gasteiger partial charge in [0.15, 0.2) is 0 Å². The molecule has 1 amide bonds. The lowest BCUT2D eigenvalue weighted by Gasteiger charge is -2.34. The molecule has 1 aliphatic rings. The van der Waals surface area contributed by atoms with Gasteiger partial charge in [-0.05, 0) is 61.3 Å². The predicted molar refractivity (Wildman–Crippen MR) is 114 cm³/mol. The molecule has 0 radical (unpaired) electrons. The number of amides is 1. The van der Waals surface area contributed by atoms with Crippen LogP contribution in [0.2, 0.25) is 0 Å². The number of nitrogens with zero attached hydrogens (tertiary/aromatic N) is 2. The second-order valence-corrected chi connectivity index (χ2v) is 7.27. The fourth-order valence-corrected chi connectivity index (χ4v) is 3.67. The van der Waals surface area contributed by atoms with E-state index in [-0.39, 0.29) is 11.9 Å². The Labute approximate surface area is 171 Å². The molecule has 0 aliphatic carbocycles. The molecule has 148 valence electrons. The van der Waals surface area contributed by atoms with Crippen LogP contribution in [-0.2, 0) is 11.3 Å². The third kappa shape index (κ3) is 5.21. The number of carbonyl (C=O) groups excluding carboxylic acids is 1. The van der Waals surface area contributed by atoms with Crippen LogP contribution in [0.25, 0.3) is 0 Å². The number of hydrogen-bond acceptors (Lipinski definition) is 4. The van der Waals surface area contributed by atoms with Crippen molar-refractivity contribution in [1.82, 2.24) is 9.88 Å². The van der Waals surface area contributed by atoms with E-state index < -0.39 is 0 Å². The number of benzene rings is 2. The third-order valence-electron chi connectivity index (χ3n) is 5.14. The van der Waals surface area contributed by atoms with E-state index in [1.165, 1.54) is 5.56 Å². The van der Waals surface area contributed by atoms with E-state index in [0.29, 0.717) is 11.5 Å². The highest BCUT2D eigenvalue weighted by atomic mass is 16.5. The van der Waals surface area contributed by atoms with Gasteiger partial charge in [0.05, 0.1) is 12.2 Å². The van der Waals surface area contributed by atoms with E-state index in [1.807, 2.05) is 54.6 Å². The number of hydrogen-bond donors (Lipinski definition) is 1. The van der Waals surface area contributed by atoms with Gasteiger partial charge in [0.25, 0.3) is 0 Å². The Morgan fingerprint density at radius 2 is 1.83 bits per heavy atom. The number of anilines is 1. The highest BCUT2D eigenvalue weighted by Crippen LogP contribution is 2.24. The van der Waals surface area contributed by atoms with E-state index in [1.54, 1.807) is 12.4 Å². The van der Waals surface area contributed by atoms with E-state index in [4.69, 9.17) is 4.74 Å². The van der Waals surface area contributed by atoms with Gasteiger partial charge in [-0.15, -0.1) is 0 Å². The molecule has 29 heavy (non-hydrogen) atoms. The number of carbonyl (C=O) groups is 1. The molecule has 4 rings (SSSR count). The average molecular weight is 387 g/mol. The van der Waals surface area contributed by atoms with Crippen LogP contribution >= 0.6 is 0 Å². The van der Waals surface area contributed by atoms with Gasteiger partial charge in [-0.25, -0.2) is 0 Å². The topological polar surface area (TPSA) is 54.5 Å². The van der Waals surface area contributed by atoms with E-state index >= 15 is 0 Å². The summed E-state index contributed by atoms with van der Waals surface area (Å²) in [5.74, 6) is 1.45. The highest BCUT2D eigenvalue weighted by molar-refractivity contribution is 5.94. The molecule has 1 saturated heterocycles. The van der Waals surface area contributed by atoms with Crippen LogP contribution in [0.5, 0.6) is 11.5 Å². The highest BCUT2D eigenvalue weighted by Gasteiger charge is 2.28. The summed E-state index contributed by atoms with van der Waals surface area (Å²) in [6.45, 7) is 1.75. The van der Waals surface area contributed by atoms with Crippen molar-refractivity contribution in [3.05, 3.63) is 84.7 Å². The Hall–Kier alpha value is -3.18. The molecule has 3 aromatic rings. The van der Waals surface area contributed by atoms with Crippen LogP contribution in [0, 0.1) is 0 Å². The maximum atomic E-state index is 13.0. The first-order chi connectivity index (χ1) is 14.3. The van der Waals surface area contributed by atoms with Crippen molar-refractivity contribution in [2.45, 2.75) is 31.8 Å². The minimum absolute atomic E-state index is 0.0570. The van der Waals surface area contributed by atoms with E-state index in [0.717, 1.165) is 38.0 Å². The van der Waals surface area contributed by atoms with Crippen LogP contribution in [0.4, 0.5) is 5.69 Å². The molecular formula is C24H25N3O2. The first kappa shape index (κ1) is 19.2. The van der Waals surface area contributed by atoms with Crippen molar-refractivity contribution in [3.63, 3.8) is 0 Å². The Kier molecular flexibility index (Phi) is 6.17. The third-order valence-corrected chi connectivity index (χ3v) is 5.14. The van der Waals surface area contributed by atoms with Gasteiger partial charge >= 0.3 is 0 Å². The molecule has 1 aromatic heterocycles. The van der Waals surface area contributed by atoms with Gasteiger partial charge in [0, 0.05) is 18.4 Å². The summed E-state index contributed by atoms with van der Waals surface area (Å²) in [6.07, 6.45) is 6.48. The molecular weight excluding hydrogens is 362 g/mol. The zero-order chi connectivity index (χ0) is 19.9. The second-order valence-electron chi connectivity index (χ2n) is 7.27. The number of nitrogens with one attached hydrogen (secondary N) is 1. The van der Waals surface area contributed by atoms with E-state index in [2.05, 4.69) is 27.3 Å². The molecule has 1 fully saturated rings. The fraction of sp³-hybridized carbons (Fsp3) is 0.250. The molecule has 0 spiro atoms. The Morgan fingerprint density at radius 3 is 2.59 bits per heavy atom. The Morgan fingerprint density at radius 1 is 1.00 bits per heavy atom. The molecule has 2 aromatic carbocycles. The molecule has 1 N–H and O–H groups in total. The quantitative estimate of drug-likeness (QED) is 0.656. The van der Waals surface area contributed by atoms with Crippen molar-refractivity contribution in [2.75, 3.05) is 11.9 Å². The number of aromatic nitrogens is 1. The Bertz CT molecular complexity index is 914. The largest absolute Gasteiger partial charge is 0.456 e. The predicted octanol–water partition coefficient (Wildman–Crippen LogP) is 4.87. The lowest BCUT2D eigenvalue weighted by Crippen LogP contribution is -2.46. The molecule has 0 saturated carbocycles. The molecule has 0 unspecified atom stereocenters. The van der Waals surface area contributed by atoms with Crippen LogP contribution in [0.15, 0.2) is 79.1 Å². The summed E-state index contributed by atoms with van der Waals surface area (Å²) in [4.78, 5) is 19.3. The van der Waals surface area contributed by atoms with Gasteiger partial charge in [-0.2, -0.15) is 0 Å². The fourth-order valence-electron chi connectivity index (χ4n) is 3.67. The number of rotatable bonds is 6. The van der Waals surface area contributed by atoms with E-state index in [9.17, 15) is 4.79 Å².